The molecule has 0 aromatic heterocycles. The van der Waals surface area contributed by atoms with Crippen LogP contribution in [-0.2, 0) is 28.7 Å². The fourth-order valence-corrected chi connectivity index (χ4v) is 3.38. The van der Waals surface area contributed by atoms with Gasteiger partial charge in [-0.15, -0.1) is 0 Å². The number of benzene rings is 2. The van der Waals surface area contributed by atoms with E-state index in [2.05, 4.69) is 5.32 Å². The monoisotopic (exact) mass is 390 g/mol. The van der Waals surface area contributed by atoms with E-state index in [4.69, 9.17) is 0 Å². The minimum absolute atomic E-state index is 0.0149. The Morgan fingerprint density at radius 3 is 2.64 bits per heavy atom. The smallest absolute Gasteiger partial charge is 0.352 e. The molecule has 1 aliphatic rings. The van der Waals surface area contributed by atoms with Gasteiger partial charge in [-0.1, -0.05) is 37.3 Å². The summed E-state index contributed by atoms with van der Waals surface area (Å²) in [4.78, 5) is 26.5. The van der Waals surface area contributed by atoms with Gasteiger partial charge in [-0.25, -0.2) is 0 Å². The van der Waals surface area contributed by atoms with E-state index in [9.17, 15) is 22.8 Å². The molecule has 0 bridgehead atoms. The van der Waals surface area contributed by atoms with Crippen LogP contribution in [0, 0.1) is 5.92 Å². The van der Waals surface area contributed by atoms with Crippen molar-refractivity contribution in [3.63, 3.8) is 0 Å². The SMILES string of the molecule is CCc1ccccc1N1C[C@H](C(=O)NCc2cccc(C(F)(F)F)c2)CC1=O. The summed E-state index contributed by atoms with van der Waals surface area (Å²) in [5.74, 6) is -0.981. The van der Waals surface area contributed by atoms with Crippen LogP contribution in [0.25, 0.3) is 0 Å². The van der Waals surface area contributed by atoms with Gasteiger partial charge in [0.25, 0.3) is 0 Å². The van der Waals surface area contributed by atoms with Crippen LogP contribution in [0.4, 0.5) is 18.9 Å². The summed E-state index contributed by atoms with van der Waals surface area (Å²) in [7, 11) is 0. The van der Waals surface area contributed by atoms with Crippen LogP contribution >= 0.6 is 0 Å². The third-order valence-corrected chi connectivity index (χ3v) is 4.88. The number of nitrogens with one attached hydrogen (secondary N) is 1. The first-order chi connectivity index (χ1) is 13.3. The van der Waals surface area contributed by atoms with Crippen molar-refractivity contribution in [1.82, 2.24) is 5.32 Å². The number of hydrogen-bond donors (Lipinski definition) is 1. The van der Waals surface area contributed by atoms with E-state index in [1.54, 1.807) is 4.90 Å². The van der Waals surface area contributed by atoms with Gasteiger partial charge in [0.15, 0.2) is 0 Å². The van der Waals surface area contributed by atoms with E-state index >= 15 is 0 Å². The van der Waals surface area contributed by atoms with Crippen molar-refractivity contribution < 1.29 is 22.8 Å². The number of hydrogen-bond acceptors (Lipinski definition) is 2. The molecule has 2 aromatic carbocycles. The number of carbonyl (C=O) groups is 2. The third-order valence-electron chi connectivity index (χ3n) is 4.88. The Bertz CT molecular complexity index is 880. The van der Waals surface area contributed by atoms with Gasteiger partial charge in [-0.2, -0.15) is 13.2 Å². The second kappa shape index (κ2) is 8.04. The normalized spacial score (nSPS) is 17.1. The molecule has 1 N–H and O–H groups in total. The molecule has 3 rings (SSSR count). The van der Waals surface area contributed by atoms with Crippen molar-refractivity contribution >= 4 is 17.5 Å². The molecule has 1 aliphatic heterocycles. The van der Waals surface area contributed by atoms with Crippen LogP contribution in [0.15, 0.2) is 48.5 Å². The Labute approximate surface area is 161 Å². The van der Waals surface area contributed by atoms with Gasteiger partial charge >= 0.3 is 6.18 Å². The number of rotatable bonds is 5. The summed E-state index contributed by atoms with van der Waals surface area (Å²) in [6.45, 7) is 2.25. The van der Waals surface area contributed by atoms with Gasteiger partial charge in [0.2, 0.25) is 11.8 Å². The van der Waals surface area contributed by atoms with Crippen molar-refractivity contribution in [3.05, 3.63) is 65.2 Å². The first-order valence-corrected chi connectivity index (χ1v) is 9.11. The lowest BCUT2D eigenvalue weighted by Crippen LogP contribution is -2.32. The molecule has 0 spiro atoms. The standard InChI is InChI=1S/C21H21F3N2O2/c1-2-15-7-3-4-9-18(15)26-13-16(11-19(26)27)20(28)25-12-14-6-5-8-17(10-14)21(22,23)24/h3-10,16H,2,11-13H2,1H3,(H,25,28)/t16-/m1/s1. The number of carbonyl (C=O) groups excluding carboxylic acids is 2. The van der Waals surface area contributed by atoms with Gasteiger partial charge in [0.05, 0.1) is 11.5 Å². The molecule has 1 saturated heterocycles. The molecule has 0 unspecified atom stereocenters. The van der Waals surface area contributed by atoms with Crippen LogP contribution in [0.2, 0.25) is 0 Å². The van der Waals surface area contributed by atoms with E-state index in [0.717, 1.165) is 29.8 Å². The maximum absolute atomic E-state index is 12.8. The van der Waals surface area contributed by atoms with Crippen molar-refractivity contribution in [2.75, 3.05) is 11.4 Å². The Morgan fingerprint density at radius 1 is 1.18 bits per heavy atom. The third kappa shape index (κ3) is 4.35. The quantitative estimate of drug-likeness (QED) is 0.841. The fourth-order valence-electron chi connectivity index (χ4n) is 3.38. The largest absolute Gasteiger partial charge is 0.416 e. The molecule has 28 heavy (non-hydrogen) atoms. The molecular weight excluding hydrogens is 369 g/mol. The van der Waals surface area contributed by atoms with Crippen LogP contribution in [0.1, 0.15) is 30.0 Å². The van der Waals surface area contributed by atoms with Gasteiger partial charge < -0.3 is 10.2 Å². The molecule has 0 aliphatic carbocycles. The zero-order valence-electron chi connectivity index (χ0n) is 15.4. The van der Waals surface area contributed by atoms with Crippen LogP contribution in [0.3, 0.4) is 0 Å². The fraction of sp³-hybridized carbons (Fsp3) is 0.333. The Kier molecular flexibility index (Phi) is 5.72. The highest BCUT2D eigenvalue weighted by Gasteiger charge is 2.35. The number of amides is 2. The molecule has 7 heteroatoms. The summed E-state index contributed by atoms with van der Waals surface area (Å²) in [6.07, 6.45) is -3.57. The maximum atomic E-state index is 12.8. The van der Waals surface area contributed by atoms with Crippen LogP contribution < -0.4 is 10.2 Å². The zero-order valence-corrected chi connectivity index (χ0v) is 15.4. The van der Waals surface area contributed by atoms with Crippen LogP contribution in [0.5, 0.6) is 0 Å². The van der Waals surface area contributed by atoms with Crippen LogP contribution in [-0.4, -0.2) is 18.4 Å². The second-order valence-corrected chi connectivity index (χ2v) is 6.80. The minimum Gasteiger partial charge on any atom is -0.352 e. The average Bonchev–Trinajstić information content (AvgIpc) is 3.07. The molecule has 148 valence electrons. The highest BCUT2D eigenvalue weighted by atomic mass is 19.4. The Balaban J connectivity index is 1.64. The van der Waals surface area contributed by atoms with Crippen molar-refractivity contribution in [1.29, 1.82) is 0 Å². The molecule has 0 saturated carbocycles. The predicted molar refractivity (Wildman–Crippen MR) is 99.6 cm³/mol. The minimum atomic E-state index is -4.43. The molecule has 1 atom stereocenters. The lowest BCUT2D eigenvalue weighted by molar-refractivity contribution is -0.137. The maximum Gasteiger partial charge on any atom is 0.416 e. The van der Waals surface area contributed by atoms with E-state index in [-0.39, 0.29) is 31.3 Å². The van der Waals surface area contributed by atoms with Crippen molar-refractivity contribution in [2.45, 2.75) is 32.5 Å². The topological polar surface area (TPSA) is 49.4 Å². The van der Waals surface area contributed by atoms with Gasteiger partial charge in [0.1, 0.15) is 0 Å². The number of nitrogens with zero attached hydrogens (tertiary/aromatic N) is 1. The summed E-state index contributed by atoms with van der Waals surface area (Å²) < 4.78 is 38.4. The second-order valence-electron chi connectivity index (χ2n) is 6.80. The molecule has 2 aromatic rings. The van der Waals surface area contributed by atoms with Gasteiger partial charge in [-0.05, 0) is 35.7 Å². The van der Waals surface area contributed by atoms with Crippen molar-refractivity contribution in [2.24, 2.45) is 5.92 Å². The highest BCUT2D eigenvalue weighted by Crippen LogP contribution is 2.30. The lowest BCUT2D eigenvalue weighted by Gasteiger charge is -2.20. The molecule has 0 radical (unpaired) electrons. The predicted octanol–water partition coefficient (Wildman–Crippen LogP) is 3.94. The zero-order chi connectivity index (χ0) is 20.3. The van der Waals surface area contributed by atoms with Crippen molar-refractivity contribution in [3.8, 4) is 0 Å². The number of alkyl halides is 3. The van der Waals surface area contributed by atoms with Gasteiger partial charge in [0, 0.05) is 25.2 Å². The summed E-state index contributed by atoms with van der Waals surface area (Å²) in [5.41, 5.74) is 1.45. The van der Waals surface area contributed by atoms with E-state index in [0.29, 0.717) is 5.56 Å². The van der Waals surface area contributed by atoms with E-state index in [1.165, 1.54) is 12.1 Å². The summed E-state index contributed by atoms with van der Waals surface area (Å²) in [6, 6.07) is 12.4. The van der Waals surface area contributed by atoms with E-state index < -0.39 is 17.7 Å². The Hall–Kier alpha value is -2.83. The highest BCUT2D eigenvalue weighted by molar-refractivity contribution is 6.00. The molecule has 4 nitrogen and oxygen atoms in total. The van der Waals surface area contributed by atoms with E-state index in [1.807, 2.05) is 31.2 Å². The number of halogens is 3. The lowest BCUT2D eigenvalue weighted by atomic mass is 10.1. The molecular formula is C21H21F3N2O2. The first kappa shape index (κ1) is 19.9. The first-order valence-electron chi connectivity index (χ1n) is 9.11. The summed E-state index contributed by atoms with van der Waals surface area (Å²) >= 11 is 0. The molecule has 1 heterocycles. The number of anilines is 1. The van der Waals surface area contributed by atoms with Gasteiger partial charge in [-0.3, -0.25) is 9.59 Å². The number of aryl methyl sites for hydroxylation is 1. The summed E-state index contributed by atoms with van der Waals surface area (Å²) in [5, 5.41) is 2.66. The molecule has 1 fully saturated rings. The Morgan fingerprint density at radius 2 is 1.93 bits per heavy atom. The number of para-hydroxylation sites is 1. The molecule has 2 amide bonds. The average molecular weight is 390 g/mol.